The fourth-order valence-corrected chi connectivity index (χ4v) is 3.27. The molecule has 3 rings (SSSR count). The van der Waals surface area contributed by atoms with E-state index < -0.39 is 23.3 Å². The molecule has 0 bridgehead atoms. The maximum Gasteiger partial charge on any atom is 0.338 e. The van der Waals surface area contributed by atoms with E-state index in [1.165, 1.54) is 75.9 Å². The molecule has 3 aromatic rings. The Labute approximate surface area is 205 Å². The zero-order valence-electron chi connectivity index (χ0n) is 18.9. The Bertz CT molecular complexity index is 1230. The van der Waals surface area contributed by atoms with Gasteiger partial charge in [0.2, 0.25) is 11.5 Å². The topological polar surface area (TPSA) is 123 Å². The quantitative estimate of drug-likeness (QED) is 0.161. The average molecular weight is 502 g/mol. The van der Waals surface area contributed by atoms with E-state index in [1.807, 2.05) is 0 Å². The number of benzene rings is 3. The summed E-state index contributed by atoms with van der Waals surface area (Å²) in [6.07, 6.45) is 0. The van der Waals surface area contributed by atoms with Crippen LogP contribution in [0.2, 0.25) is 5.02 Å². The van der Waals surface area contributed by atoms with Crippen LogP contribution in [0.5, 0.6) is 28.7 Å². The van der Waals surface area contributed by atoms with Crippen molar-refractivity contribution in [2.45, 2.75) is 0 Å². The van der Waals surface area contributed by atoms with Crippen molar-refractivity contribution in [3.8, 4) is 28.7 Å². The summed E-state index contributed by atoms with van der Waals surface area (Å²) >= 11 is 6.03. The van der Waals surface area contributed by atoms with E-state index in [2.05, 4.69) is 0 Å². The van der Waals surface area contributed by atoms with Crippen molar-refractivity contribution in [3.05, 3.63) is 80.9 Å². The van der Waals surface area contributed by atoms with E-state index >= 15 is 0 Å². The van der Waals surface area contributed by atoms with Crippen molar-refractivity contribution in [1.82, 2.24) is 0 Å². The number of carbonyl (C=O) groups is 2. The minimum absolute atomic E-state index is 0.0676. The Morgan fingerprint density at radius 3 is 2.06 bits per heavy atom. The van der Waals surface area contributed by atoms with Crippen molar-refractivity contribution in [3.63, 3.8) is 0 Å². The second-order valence-corrected chi connectivity index (χ2v) is 7.29. The number of hydrogen-bond acceptors (Lipinski definition) is 9. The Kier molecular flexibility index (Phi) is 8.11. The van der Waals surface area contributed by atoms with Gasteiger partial charge in [-0.1, -0.05) is 17.7 Å². The number of carbonyl (C=O) groups excluding carboxylic acids is 2. The van der Waals surface area contributed by atoms with Gasteiger partial charge in [-0.15, -0.1) is 0 Å². The lowest BCUT2D eigenvalue weighted by Gasteiger charge is -2.13. The van der Waals surface area contributed by atoms with Crippen LogP contribution in [0.1, 0.15) is 20.7 Å². The van der Waals surface area contributed by atoms with Crippen molar-refractivity contribution in [2.24, 2.45) is 0 Å². The third-order valence-corrected chi connectivity index (χ3v) is 5.07. The van der Waals surface area contributed by atoms with Crippen LogP contribution >= 0.6 is 11.6 Å². The first-order valence-corrected chi connectivity index (χ1v) is 10.4. The van der Waals surface area contributed by atoms with Crippen LogP contribution in [0.3, 0.4) is 0 Å². The summed E-state index contributed by atoms with van der Waals surface area (Å²) in [5.41, 5.74) is 0.0532. The number of esters is 1. The zero-order chi connectivity index (χ0) is 25.5. The first-order chi connectivity index (χ1) is 16.8. The predicted molar refractivity (Wildman–Crippen MR) is 125 cm³/mol. The SMILES string of the molecule is COc1cc(C(=O)OCC(=O)c2ccc(Oc3c(Cl)cccc3[N+](=O)[O-])cc2)cc(OC)c1OC. The lowest BCUT2D eigenvalue weighted by molar-refractivity contribution is -0.385. The van der Waals surface area contributed by atoms with Gasteiger partial charge >= 0.3 is 11.7 Å². The molecule has 0 unspecified atom stereocenters. The Hall–Kier alpha value is -4.31. The number of nitrogens with zero attached hydrogens (tertiary/aromatic N) is 1. The summed E-state index contributed by atoms with van der Waals surface area (Å²) in [5.74, 6) is -0.277. The summed E-state index contributed by atoms with van der Waals surface area (Å²) in [4.78, 5) is 35.6. The molecule has 0 amide bonds. The smallest absolute Gasteiger partial charge is 0.338 e. The third-order valence-electron chi connectivity index (χ3n) is 4.77. The zero-order valence-corrected chi connectivity index (χ0v) is 19.7. The van der Waals surface area contributed by atoms with E-state index in [0.29, 0.717) is 5.75 Å². The summed E-state index contributed by atoms with van der Waals surface area (Å²) in [7, 11) is 4.25. The molecule has 0 saturated carbocycles. The first kappa shape index (κ1) is 25.3. The van der Waals surface area contributed by atoms with Gasteiger partial charge in [0, 0.05) is 11.6 Å². The molecular formula is C24H20ClNO9. The average Bonchev–Trinajstić information content (AvgIpc) is 2.87. The standard InChI is InChI=1S/C24H20ClNO9/c1-31-20-11-15(12-21(32-2)23(20)33-3)24(28)34-13-19(27)14-7-9-16(10-8-14)35-22-17(25)5-4-6-18(22)26(29)30/h4-12H,13H2,1-3H3. The number of para-hydroxylation sites is 1. The molecule has 3 aromatic carbocycles. The molecule has 0 aliphatic carbocycles. The largest absolute Gasteiger partial charge is 0.493 e. The molecule has 0 aliphatic rings. The van der Waals surface area contributed by atoms with Crippen LogP contribution in [-0.2, 0) is 4.74 Å². The normalized spacial score (nSPS) is 10.3. The van der Waals surface area contributed by atoms with Crippen LogP contribution in [0, 0.1) is 10.1 Å². The van der Waals surface area contributed by atoms with Crippen LogP contribution in [-0.4, -0.2) is 44.6 Å². The number of nitro benzene ring substituents is 1. The Morgan fingerprint density at radius 2 is 1.51 bits per heavy atom. The van der Waals surface area contributed by atoms with E-state index in [1.54, 1.807) is 0 Å². The number of nitro groups is 1. The minimum atomic E-state index is -0.761. The number of hydrogen-bond donors (Lipinski definition) is 0. The molecule has 35 heavy (non-hydrogen) atoms. The molecule has 0 aliphatic heterocycles. The highest BCUT2D eigenvalue weighted by atomic mass is 35.5. The van der Waals surface area contributed by atoms with E-state index in [4.69, 9.17) is 35.3 Å². The van der Waals surface area contributed by atoms with Crippen molar-refractivity contribution in [2.75, 3.05) is 27.9 Å². The monoisotopic (exact) mass is 501 g/mol. The van der Waals surface area contributed by atoms with Crippen LogP contribution in [0.4, 0.5) is 5.69 Å². The van der Waals surface area contributed by atoms with Gasteiger partial charge in [0.1, 0.15) is 5.75 Å². The molecule has 0 saturated heterocycles. The third kappa shape index (κ3) is 5.79. The molecule has 182 valence electrons. The van der Waals surface area contributed by atoms with Crippen LogP contribution in [0.25, 0.3) is 0 Å². The van der Waals surface area contributed by atoms with Gasteiger partial charge in [0.05, 0.1) is 36.8 Å². The lowest BCUT2D eigenvalue weighted by Crippen LogP contribution is -2.14. The maximum absolute atomic E-state index is 12.5. The van der Waals surface area contributed by atoms with Crippen molar-refractivity contribution < 1.29 is 38.2 Å². The predicted octanol–water partition coefficient (Wildman–Crippen LogP) is 5.11. The maximum atomic E-state index is 12.5. The molecule has 0 radical (unpaired) electrons. The van der Waals surface area contributed by atoms with Gasteiger partial charge in [-0.2, -0.15) is 0 Å². The second kappa shape index (κ2) is 11.2. The highest BCUT2D eigenvalue weighted by Crippen LogP contribution is 2.39. The Morgan fingerprint density at radius 1 is 0.886 bits per heavy atom. The van der Waals surface area contributed by atoms with Crippen LogP contribution < -0.4 is 18.9 Å². The minimum Gasteiger partial charge on any atom is -0.493 e. The van der Waals surface area contributed by atoms with Gasteiger partial charge in [-0.25, -0.2) is 4.79 Å². The van der Waals surface area contributed by atoms with Gasteiger partial charge in [0.15, 0.2) is 23.9 Å². The summed E-state index contributed by atoms with van der Waals surface area (Å²) in [6, 6.07) is 12.8. The number of methoxy groups -OCH3 is 3. The van der Waals surface area contributed by atoms with E-state index in [0.717, 1.165) is 0 Å². The lowest BCUT2D eigenvalue weighted by atomic mass is 10.1. The molecule has 0 atom stereocenters. The van der Waals surface area contributed by atoms with E-state index in [-0.39, 0.29) is 44.8 Å². The molecule has 0 aromatic heterocycles. The summed E-state index contributed by atoms with van der Waals surface area (Å²) in [6.45, 7) is -0.522. The number of rotatable bonds is 10. The first-order valence-electron chi connectivity index (χ1n) is 10.00. The van der Waals surface area contributed by atoms with E-state index in [9.17, 15) is 19.7 Å². The number of halogens is 1. The molecule has 10 nitrogen and oxygen atoms in total. The molecule has 0 heterocycles. The van der Waals surface area contributed by atoms with Gasteiger partial charge in [0.25, 0.3) is 0 Å². The molecule has 0 spiro atoms. The molecule has 0 fully saturated rings. The highest BCUT2D eigenvalue weighted by Gasteiger charge is 2.21. The fourth-order valence-electron chi connectivity index (χ4n) is 3.07. The Balaban J connectivity index is 1.68. The van der Waals surface area contributed by atoms with Gasteiger partial charge in [-0.3, -0.25) is 14.9 Å². The van der Waals surface area contributed by atoms with Gasteiger partial charge < -0.3 is 23.7 Å². The van der Waals surface area contributed by atoms with Gasteiger partial charge in [-0.05, 0) is 42.5 Å². The molecule has 11 heteroatoms. The number of ketones is 1. The highest BCUT2D eigenvalue weighted by molar-refractivity contribution is 6.32. The number of ether oxygens (including phenoxy) is 5. The van der Waals surface area contributed by atoms with Crippen molar-refractivity contribution >= 4 is 29.0 Å². The van der Waals surface area contributed by atoms with Crippen LogP contribution in [0.15, 0.2) is 54.6 Å². The second-order valence-electron chi connectivity index (χ2n) is 6.88. The molecular weight excluding hydrogens is 482 g/mol. The summed E-state index contributed by atoms with van der Waals surface area (Å²) in [5, 5.41) is 11.3. The molecule has 0 N–H and O–H groups in total. The number of Topliss-reactive ketones (excluding diaryl/α,β-unsaturated/α-hetero) is 1. The van der Waals surface area contributed by atoms with Crippen molar-refractivity contribution in [1.29, 1.82) is 0 Å². The fraction of sp³-hybridized carbons (Fsp3) is 0.167. The summed E-state index contributed by atoms with van der Waals surface area (Å²) < 4.78 is 26.3.